The van der Waals surface area contributed by atoms with Crippen LogP contribution >= 0.6 is 0 Å². The van der Waals surface area contributed by atoms with Gasteiger partial charge in [-0.3, -0.25) is 14.5 Å². The van der Waals surface area contributed by atoms with E-state index in [1.165, 1.54) is 26.2 Å². The number of piperidine rings is 2. The van der Waals surface area contributed by atoms with Gasteiger partial charge >= 0.3 is 0 Å². The fraction of sp³-hybridized carbons (Fsp3) is 0.789. The molecule has 2 aliphatic heterocycles. The number of nitrogens with one attached hydrogen (secondary N) is 1. The van der Waals surface area contributed by atoms with Crippen molar-refractivity contribution in [1.29, 1.82) is 0 Å². The molecule has 3 rings (SSSR count). The van der Waals surface area contributed by atoms with Crippen LogP contribution in [0.4, 0.5) is 0 Å². The molecule has 2 amide bonds. The fourth-order valence-corrected chi connectivity index (χ4v) is 4.10. The van der Waals surface area contributed by atoms with Gasteiger partial charge in [0.15, 0.2) is 0 Å². The topological polar surface area (TPSA) is 83.4 Å². The summed E-state index contributed by atoms with van der Waals surface area (Å²) in [6.45, 7) is 6.48. The average molecular weight is 377 g/mol. The molecule has 0 aliphatic carbocycles. The third kappa shape index (κ3) is 5.28. The van der Waals surface area contributed by atoms with Crippen LogP contribution in [0.5, 0.6) is 0 Å². The van der Waals surface area contributed by atoms with Gasteiger partial charge in [-0.05, 0) is 38.8 Å². The van der Waals surface area contributed by atoms with E-state index < -0.39 is 0 Å². The summed E-state index contributed by atoms with van der Waals surface area (Å²) >= 11 is 0. The second kappa shape index (κ2) is 9.30. The molecule has 1 atom stereocenters. The Labute approximate surface area is 161 Å². The van der Waals surface area contributed by atoms with Gasteiger partial charge in [-0.15, -0.1) is 10.2 Å². The number of aromatic nitrogens is 3. The van der Waals surface area contributed by atoms with Gasteiger partial charge in [-0.2, -0.15) is 0 Å². The zero-order valence-electron chi connectivity index (χ0n) is 16.6. The fourth-order valence-electron chi connectivity index (χ4n) is 4.10. The van der Waals surface area contributed by atoms with Gasteiger partial charge in [0.2, 0.25) is 11.8 Å². The van der Waals surface area contributed by atoms with Gasteiger partial charge in [0.25, 0.3) is 0 Å². The van der Waals surface area contributed by atoms with Crippen molar-refractivity contribution >= 4 is 11.8 Å². The maximum atomic E-state index is 12.4. The highest BCUT2D eigenvalue weighted by molar-refractivity contribution is 5.78. The minimum atomic E-state index is -0.0976. The summed E-state index contributed by atoms with van der Waals surface area (Å²) in [5.41, 5.74) is 0. The van der Waals surface area contributed by atoms with Gasteiger partial charge < -0.3 is 14.8 Å². The SMILES string of the molecule is CC(=O)NCCC(=O)N1CCC[C@@H](c2nnc(CN3CCCCC3)n2C)C1. The second-order valence-electron chi connectivity index (χ2n) is 7.78. The minimum absolute atomic E-state index is 0.0976. The number of carbonyl (C=O) groups excluding carboxylic acids is 2. The highest BCUT2D eigenvalue weighted by atomic mass is 16.2. The Hall–Kier alpha value is -1.96. The second-order valence-corrected chi connectivity index (χ2v) is 7.78. The highest BCUT2D eigenvalue weighted by Gasteiger charge is 2.28. The molecule has 150 valence electrons. The van der Waals surface area contributed by atoms with Gasteiger partial charge in [0.1, 0.15) is 11.6 Å². The van der Waals surface area contributed by atoms with Crippen LogP contribution in [-0.2, 0) is 23.2 Å². The first kappa shape index (κ1) is 19.8. The molecule has 27 heavy (non-hydrogen) atoms. The molecule has 8 heteroatoms. The van der Waals surface area contributed by atoms with Gasteiger partial charge in [0, 0.05) is 45.9 Å². The number of hydrogen-bond acceptors (Lipinski definition) is 5. The first-order valence-corrected chi connectivity index (χ1v) is 10.2. The van der Waals surface area contributed by atoms with Crippen molar-refractivity contribution in [2.24, 2.45) is 7.05 Å². The first-order valence-electron chi connectivity index (χ1n) is 10.2. The molecule has 1 N–H and O–H groups in total. The zero-order chi connectivity index (χ0) is 19.2. The highest BCUT2D eigenvalue weighted by Crippen LogP contribution is 2.26. The third-order valence-electron chi connectivity index (χ3n) is 5.66. The minimum Gasteiger partial charge on any atom is -0.356 e. The van der Waals surface area contributed by atoms with E-state index in [4.69, 9.17) is 0 Å². The molecular weight excluding hydrogens is 344 g/mol. The maximum Gasteiger partial charge on any atom is 0.224 e. The molecule has 2 fully saturated rings. The van der Waals surface area contributed by atoms with Crippen molar-refractivity contribution in [1.82, 2.24) is 29.9 Å². The number of amides is 2. The summed E-state index contributed by atoms with van der Waals surface area (Å²) in [5.74, 6) is 2.24. The van der Waals surface area contributed by atoms with Gasteiger partial charge in [0.05, 0.1) is 6.54 Å². The van der Waals surface area contributed by atoms with Crippen LogP contribution in [0.1, 0.15) is 63.0 Å². The van der Waals surface area contributed by atoms with E-state index in [1.807, 2.05) is 11.9 Å². The van der Waals surface area contributed by atoms with E-state index in [2.05, 4.69) is 25.0 Å². The van der Waals surface area contributed by atoms with Crippen LogP contribution in [0.15, 0.2) is 0 Å². The number of nitrogens with zero attached hydrogens (tertiary/aromatic N) is 5. The molecule has 2 saturated heterocycles. The Kier molecular flexibility index (Phi) is 6.82. The number of likely N-dealkylation sites (tertiary alicyclic amines) is 2. The van der Waals surface area contributed by atoms with E-state index in [-0.39, 0.29) is 17.7 Å². The lowest BCUT2D eigenvalue weighted by atomic mass is 9.97. The predicted octanol–water partition coefficient (Wildman–Crippen LogP) is 1.03. The molecule has 0 spiro atoms. The Balaban J connectivity index is 1.57. The van der Waals surface area contributed by atoms with Gasteiger partial charge in [-0.25, -0.2) is 0 Å². The Morgan fingerprint density at radius 3 is 2.63 bits per heavy atom. The van der Waals surface area contributed by atoms with Crippen LogP contribution in [0.25, 0.3) is 0 Å². The molecular formula is C19H32N6O2. The Morgan fingerprint density at radius 2 is 1.89 bits per heavy atom. The molecule has 0 aromatic carbocycles. The lowest BCUT2D eigenvalue weighted by Crippen LogP contribution is -2.41. The number of hydrogen-bond donors (Lipinski definition) is 1. The van der Waals surface area contributed by atoms with Crippen LogP contribution in [0.3, 0.4) is 0 Å². The summed E-state index contributed by atoms with van der Waals surface area (Å²) in [5, 5.41) is 11.6. The van der Waals surface area contributed by atoms with Crippen molar-refractivity contribution in [3.63, 3.8) is 0 Å². The summed E-state index contributed by atoms with van der Waals surface area (Å²) < 4.78 is 2.13. The van der Waals surface area contributed by atoms with Crippen LogP contribution in [-0.4, -0.2) is 69.1 Å². The Morgan fingerprint density at radius 1 is 1.11 bits per heavy atom. The smallest absolute Gasteiger partial charge is 0.224 e. The van der Waals surface area contributed by atoms with Crippen molar-refractivity contribution < 1.29 is 9.59 Å². The van der Waals surface area contributed by atoms with E-state index in [0.717, 1.165) is 50.7 Å². The van der Waals surface area contributed by atoms with Gasteiger partial charge in [-0.1, -0.05) is 6.42 Å². The van der Waals surface area contributed by atoms with E-state index >= 15 is 0 Å². The van der Waals surface area contributed by atoms with Crippen LogP contribution in [0, 0.1) is 0 Å². The number of carbonyl (C=O) groups is 2. The zero-order valence-corrected chi connectivity index (χ0v) is 16.6. The quantitative estimate of drug-likeness (QED) is 0.802. The number of rotatable bonds is 6. The summed E-state index contributed by atoms with van der Waals surface area (Å²) in [7, 11) is 2.05. The van der Waals surface area contributed by atoms with Crippen LogP contribution < -0.4 is 5.32 Å². The third-order valence-corrected chi connectivity index (χ3v) is 5.66. The van der Waals surface area contributed by atoms with Crippen molar-refractivity contribution in [3.8, 4) is 0 Å². The molecule has 3 heterocycles. The van der Waals surface area contributed by atoms with Crippen molar-refractivity contribution in [2.45, 2.75) is 57.9 Å². The standard InChI is InChI=1S/C19H32N6O2/c1-15(26)20-9-8-18(27)25-12-6-7-16(13-25)19-22-21-17(23(19)2)14-24-10-4-3-5-11-24/h16H,3-14H2,1-2H3,(H,20,26)/t16-/m1/s1. The largest absolute Gasteiger partial charge is 0.356 e. The lowest BCUT2D eigenvalue weighted by molar-refractivity contribution is -0.132. The normalized spacial score (nSPS) is 21.3. The monoisotopic (exact) mass is 376 g/mol. The molecule has 1 aromatic rings. The van der Waals surface area contributed by atoms with Crippen molar-refractivity contribution in [2.75, 3.05) is 32.7 Å². The molecule has 0 bridgehead atoms. The maximum absolute atomic E-state index is 12.4. The van der Waals surface area contributed by atoms with E-state index in [9.17, 15) is 9.59 Å². The first-order chi connectivity index (χ1) is 13.0. The summed E-state index contributed by atoms with van der Waals surface area (Å²) in [6, 6.07) is 0. The molecule has 0 saturated carbocycles. The molecule has 0 unspecified atom stereocenters. The van der Waals surface area contributed by atoms with E-state index in [0.29, 0.717) is 19.5 Å². The Bertz CT molecular complexity index is 653. The van der Waals surface area contributed by atoms with E-state index in [1.54, 1.807) is 0 Å². The van der Waals surface area contributed by atoms with Crippen molar-refractivity contribution in [3.05, 3.63) is 11.6 Å². The molecule has 2 aliphatic rings. The lowest BCUT2D eigenvalue weighted by Gasteiger charge is -2.32. The van der Waals surface area contributed by atoms with Crippen LogP contribution in [0.2, 0.25) is 0 Å². The summed E-state index contributed by atoms with van der Waals surface area (Å²) in [4.78, 5) is 27.8. The predicted molar refractivity (Wildman–Crippen MR) is 102 cm³/mol. The average Bonchev–Trinajstić information content (AvgIpc) is 3.03. The molecule has 1 aromatic heterocycles. The molecule has 0 radical (unpaired) electrons. The summed E-state index contributed by atoms with van der Waals surface area (Å²) in [6.07, 6.45) is 6.22. The molecule has 8 nitrogen and oxygen atoms in total.